The normalized spacial score (nSPS) is 20.4. The number of guanidine groups is 1. The van der Waals surface area contributed by atoms with E-state index in [4.69, 9.17) is 9.41 Å². The number of hydrogen-bond donors (Lipinski definition) is 1. The van der Waals surface area contributed by atoms with Gasteiger partial charge < -0.3 is 14.6 Å². The molecule has 1 atom stereocenters. The van der Waals surface area contributed by atoms with Crippen molar-refractivity contribution in [2.24, 2.45) is 4.99 Å². The van der Waals surface area contributed by atoms with Gasteiger partial charge >= 0.3 is 0 Å². The maximum Gasteiger partial charge on any atom is 0.194 e. The van der Waals surface area contributed by atoms with Crippen LogP contribution in [0.15, 0.2) is 58.1 Å². The minimum atomic E-state index is 0. The monoisotopic (exact) mass is 451 g/mol. The highest BCUT2D eigenvalue weighted by molar-refractivity contribution is 14.0. The first-order valence-electron chi connectivity index (χ1n) is 9.02. The van der Waals surface area contributed by atoms with Crippen LogP contribution in [-0.2, 0) is 6.42 Å². The van der Waals surface area contributed by atoms with Crippen LogP contribution in [-0.4, -0.2) is 36.5 Å². The number of hydrogen-bond acceptors (Lipinski definition) is 2. The van der Waals surface area contributed by atoms with E-state index >= 15 is 0 Å². The SMILES string of the molecule is I.c1ccc(C2CCN(C(=NCCc3ccco3)NC3CC3)C2)cc1. The molecule has 2 aromatic rings. The van der Waals surface area contributed by atoms with Crippen LogP contribution in [0.2, 0.25) is 0 Å². The summed E-state index contributed by atoms with van der Waals surface area (Å²) < 4.78 is 5.41. The molecule has 1 unspecified atom stereocenters. The summed E-state index contributed by atoms with van der Waals surface area (Å²) in [5.74, 6) is 2.71. The number of furan rings is 1. The molecule has 1 aliphatic heterocycles. The summed E-state index contributed by atoms with van der Waals surface area (Å²) in [7, 11) is 0. The largest absolute Gasteiger partial charge is 0.469 e. The molecule has 2 aliphatic rings. The Morgan fingerprint density at radius 3 is 2.68 bits per heavy atom. The fraction of sp³-hybridized carbons (Fsp3) is 0.450. The van der Waals surface area contributed by atoms with Gasteiger partial charge in [0.05, 0.1) is 6.26 Å². The quantitative estimate of drug-likeness (QED) is 0.424. The second-order valence-corrected chi connectivity index (χ2v) is 6.80. The summed E-state index contributed by atoms with van der Waals surface area (Å²) in [4.78, 5) is 7.29. The van der Waals surface area contributed by atoms with Crippen LogP contribution in [0.4, 0.5) is 0 Å². The van der Waals surface area contributed by atoms with Crippen molar-refractivity contribution in [3.8, 4) is 0 Å². The summed E-state index contributed by atoms with van der Waals surface area (Å²) in [6, 6.07) is 15.4. The van der Waals surface area contributed by atoms with Gasteiger partial charge in [-0.1, -0.05) is 30.3 Å². The third-order valence-corrected chi connectivity index (χ3v) is 4.87. The van der Waals surface area contributed by atoms with Crippen LogP contribution in [0.25, 0.3) is 0 Å². The van der Waals surface area contributed by atoms with E-state index in [1.807, 2.05) is 12.1 Å². The molecule has 1 N–H and O–H groups in total. The molecule has 1 saturated heterocycles. The van der Waals surface area contributed by atoms with Crippen molar-refractivity contribution in [3.63, 3.8) is 0 Å². The first-order valence-corrected chi connectivity index (χ1v) is 9.02. The Morgan fingerprint density at radius 2 is 1.96 bits per heavy atom. The first kappa shape index (κ1) is 18.3. The van der Waals surface area contributed by atoms with E-state index in [9.17, 15) is 0 Å². The summed E-state index contributed by atoms with van der Waals surface area (Å²) in [5.41, 5.74) is 1.45. The minimum Gasteiger partial charge on any atom is -0.469 e. The van der Waals surface area contributed by atoms with Crippen molar-refractivity contribution in [2.75, 3.05) is 19.6 Å². The zero-order valence-electron chi connectivity index (χ0n) is 14.4. The number of nitrogens with one attached hydrogen (secondary N) is 1. The maximum atomic E-state index is 5.41. The Morgan fingerprint density at radius 1 is 1.12 bits per heavy atom. The molecule has 25 heavy (non-hydrogen) atoms. The van der Waals surface area contributed by atoms with E-state index in [0.29, 0.717) is 12.0 Å². The highest BCUT2D eigenvalue weighted by Gasteiger charge is 2.29. The number of aliphatic imine (C=N–C) groups is 1. The number of benzene rings is 1. The second kappa shape index (κ2) is 8.74. The topological polar surface area (TPSA) is 40.8 Å². The Kier molecular flexibility index (Phi) is 6.39. The lowest BCUT2D eigenvalue weighted by atomic mass is 9.99. The average molecular weight is 451 g/mol. The summed E-state index contributed by atoms with van der Waals surface area (Å²) in [5, 5.41) is 3.63. The van der Waals surface area contributed by atoms with Crippen LogP contribution in [0, 0.1) is 0 Å². The number of nitrogens with zero attached hydrogens (tertiary/aromatic N) is 2. The van der Waals surface area contributed by atoms with E-state index in [2.05, 4.69) is 40.5 Å². The predicted octanol–water partition coefficient (Wildman–Crippen LogP) is 4.04. The molecule has 0 amide bonds. The molecule has 0 bridgehead atoms. The van der Waals surface area contributed by atoms with E-state index in [0.717, 1.165) is 37.8 Å². The first-order chi connectivity index (χ1) is 11.9. The maximum absolute atomic E-state index is 5.41. The van der Waals surface area contributed by atoms with Gasteiger partial charge in [-0.25, -0.2) is 0 Å². The Bertz CT molecular complexity index is 668. The summed E-state index contributed by atoms with van der Waals surface area (Å²) in [6.07, 6.45) is 6.33. The molecular formula is C20H26IN3O. The smallest absolute Gasteiger partial charge is 0.194 e. The van der Waals surface area contributed by atoms with E-state index in [-0.39, 0.29) is 24.0 Å². The highest BCUT2D eigenvalue weighted by atomic mass is 127. The molecule has 1 aromatic carbocycles. The molecule has 4 nitrogen and oxygen atoms in total. The second-order valence-electron chi connectivity index (χ2n) is 6.80. The molecular weight excluding hydrogens is 425 g/mol. The van der Waals surface area contributed by atoms with Crippen molar-refractivity contribution in [3.05, 3.63) is 60.1 Å². The van der Waals surface area contributed by atoms with Crippen LogP contribution in [0.3, 0.4) is 0 Å². The molecule has 1 aromatic heterocycles. The fourth-order valence-electron chi connectivity index (χ4n) is 3.32. The van der Waals surface area contributed by atoms with Gasteiger partial charge in [0.1, 0.15) is 5.76 Å². The molecule has 2 heterocycles. The zero-order valence-corrected chi connectivity index (χ0v) is 16.8. The van der Waals surface area contributed by atoms with Crippen LogP contribution in [0.1, 0.15) is 36.5 Å². The molecule has 5 heteroatoms. The Balaban J connectivity index is 0.00000182. The van der Waals surface area contributed by atoms with Crippen LogP contribution < -0.4 is 5.32 Å². The van der Waals surface area contributed by atoms with Crippen molar-refractivity contribution < 1.29 is 4.42 Å². The van der Waals surface area contributed by atoms with Gasteiger partial charge in [0.2, 0.25) is 0 Å². The number of rotatable bonds is 5. The molecule has 2 fully saturated rings. The van der Waals surface area contributed by atoms with Crippen molar-refractivity contribution >= 4 is 29.9 Å². The van der Waals surface area contributed by atoms with Crippen LogP contribution >= 0.6 is 24.0 Å². The Hall–Kier alpha value is -1.50. The van der Waals surface area contributed by atoms with E-state index in [1.54, 1.807) is 6.26 Å². The van der Waals surface area contributed by atoms with Crippen molar-refractivity contribution in [1.82, 2.24) is 10.2 Å². The summed E-state index contributed by atoms with van der Waals surface area (Å²) in [6.45, 7) is 2.91. The standard InChI is InChI=1S/C20H25N3O.HI/c1-2-5-16(6-3-1)17-11-13-23(15-17)20(22-18-8-9-18)21-12-10-19-7-4-14-24-19;/h1-7,14,17-18H,8-13,15H2,(H,21,22);1H. The average Bonchev–Trinajstić information content (AvgIpc) is 3.10. The van der Waals surface area contributed by atoms with E-state index in [1.165, 1.54) is 24.8 Å². The predicted molar refractivity (Wildman–Crippen MR) is 112 cm³/mol. The fourth-order valence-corrected chi connectivity index (χ4v) is 3.32. The molecule has 0 radical (unpaired) electrons. The molecule has 134 valence electrons. The summed E-state index contributed by atoms with van der Waals surface area (Å²) >= 11 is 0. The lowest BCUT2D eigenvalue weighted by Crippen LogP contribution is -2.41. The molecule has 0 spiro atoms. The Labute approximate surface area is 166 Å². The third-order valence-electron chi connectivity index (χ3n) is 4.87. The van der Waals surface area contributed by atoms with Crippen LogP contribution in [0.5, 0.6) is 0 Å². The number of likely N-dealkylation sites (tertiary alicyclic amines) is 1. The highest BCUT2D eigenvalue weighted by Crippen LogP contribution is 2.28. The van der Waals surface area contributed by atoms with Gasteiger partial charge in [0.25, 0.3) is 0 Å². The molecule has 4 rings (SSSR count). The third kappa shape index (κ3) is 5.00. The van der Waals surface area contributed by atoms with Crippen molar-refractivity contribution in [1.29, 1.82) is 0 Å². The zero-order chi connectivity index (χ0) is 16.2. The van der Waals surface area contributed by atoms with Gasteiger partial charge in [0.15, 0.2) is 5.96 Å². The molecule has 1 saturated carbocycles. The van der Waals surface area contributed by atoms with Gasteiger partial charge in [-0.15, -0.1) is 24.0 Å². The van der Waals surface area contributed by atoms with Crippen molar-refractivity contribution in [2.45, 2.75) is 37.6 Å². The van der Waals surface area contributed by atoms with E-state index < -0.39 is 0 Å². The lowest BCUT2D eigenvalue weighted by Gasteiger charge is -2.22. The minimum absolute atomic E-state index is 0. The number of halogens is 1. The van der Waals surface area contributed by atoms with Gasteiger partial charge in [-0.3, -0.25) is 4.99 Å². The van der Waals surface area contributed by atoms with Gasteiger partial charge in [0, 0.05) is 38.0 Å². The lowest BCUT2D eigenvalue weighted by molar-refractivity contribution is 0.480. The van der Waals surface area contributed by atoms with Gasteiger partial charge in [-0.05, 0) is 37.0 Å². The van der Waals surface area contributed by atoms with Gasteiger partial charge in [-0.2, -0.15) is 0 Å². The molecule has 1 aliphatic carbocycles.